The quantitative estimate of drug-likeness (QED) is 0.620. The molecule has 1 fully saturated rings. The molecule has 0 radical (unpaired) electrons. The third kappa shape index (κ3) is 4.98. The Labute approximate surface area is 195 Å². The van der Waals surface area contributed by atoms with Gasteiger partial charge in [0.1, 0.15) is 17.2 Å². The summed E-state index contributed by atoms with van der Waals surface area (Å²) in [5.74, 6) is 0.116. The Morgan fingerprint density at radius 1 is 1.18 bits per heavy atom. The van der Waals surface area contributed by atoms with Crippen LogP contribution in [-0.4, -0.2) is 39.4 Å². The summed E-state index contributed by atoms with van der Waals surface area (Å²) < 4.78 is 14.4. The number of carbonyl (C=O) groups excluding carboxylic acids is 2. The number of aryl methyl sites for hydroxylation is 1. The lowest BCUT2D eigenvalue weighted by Gasteiger charge is -2.35. The van der Waals surface area contributed by atoms with Crippen molar-refractivity contribution in [2.24, 2.45) is 11.8 Å². The number of nitrogens with zero attached hydrogens (tertiary/aromatic N) is 3. The second-order valence-electron chi connectivity index (χ2n) is 8.97. The van der Waals surface area contributed by atoms with Crippen molar-refractivity contribution in [2.75, 3.05) is 13.1 Å². The number of benzene rings is 1. The van der Waals surface area contributed by atoms with Gasteiger partial charge in [0.2, 0.25) is 5.91 Å². The van der Waals surface area contributed by atoms with Crippen molar-refractivity contribution in [1.82, 2.24) is 19.8 Å². The molecular weight excluding hydrogens is 443 g/mol. The maximum Gasteiger partial charge on any atom is 0.262 e. The molecule has 3 heterocycles. The Hall–Kier alpha value is -3.07. The van der Waals surface area contributed by atoms with Crippen LogP contribution in [0, 0.1) is 24.6 Å². The molecule has 4 rings (SSSR count). The standard InChI is InChI=1S/C24H27FN4O3S/c1-14-8-15(2)11-28(10-14)19(30)12-29-13-27-23-20(24(29)32)16(3)21(33-23)22(31)26-9-17-4-6-18(25)7-5-17/h4-7,13-15H,8-12H2,1-3H3,(H,26,31)/t14-,15+. The van der Waals surface area contributed by atoms with Gasteiger partial charge in [-0.2, -0.15) is 0 Å². The molecule has 7 nitrogen and oxygen atoms in total. The molecule has 1 saturated heterocycles. The number of halogens is 1. The van der Waals surface area contributed by atoms with E-state index < -0.39 is 0 Å². The highest BCUT2D eigenvalue weighted by molar-refractivity contribution is 7.20. The number of nitrogens with one attached hydrogen (secondary N) is 1. The lowest BCUT2D eigenvalue weighted by molar-refractivity contribution is -0.134. The zero-order valence-electron chi connectivity index (χ0n) is 18.9. The molecule has 1 aliphatic rings. The van der Waals surface area contributed by atoms with Crippen molar-refractivity contribution in [3.63, 3.8) is 0 Å². The third-order valence-electron chi connectivity index (χ3n) is 6.02. The van der Waals surface area contributed by atoms with E-state index in [4.69, 9.17) is 0 Å². The Morgan fingerprint density at radius 2 is 1.85 bits per heavy atom. The normalized spacial score (nSPS) is 18.5. The SMILES string of the molecule is Cc1c(C(=O)NCc2ccc(F)cc2)sc2ncn(CC(=O)N3C[C@H](C)C[C@H](C)C3)c(=O)c12. The molecule has 0 bridgehead atoms. The number of carbonyl (C=O) groups is 2. The van der Waals surface area contributed by atoms with Crippen LogP contribution in [0.5, 0.6) is 0 Å². The predicted octanol–water partition coefficient (Wildman–Crippen LogP) is 3.34. The zero-order chi connectivity index (χ0) is 23.7. The largest absolute Gasteiger partial charge is 0.347 e. The van der Waals surface area contributed by atoms with Crippen molar-refractivity contribution in [3.8, 4) is 0 Å². The Kier molecular flexibility index (Phi) is 6.60. The van der Waals surface area contributed by atoms with Crippen molar-refractivity contribution in [2.45, 2.75) is 40.3 Å². The van der Waals surface area contributed by atoms with E-state index in [1.54, 1.807) is 19.1 Å². The molecule has 9 heteroatoms. The van der Waals surface area contributed by atoms with E-state index in [0.717, 1.165) is 23.3 Å². The highest BCUT2D eigenvalue weighted by Crippen LogP contribution is 2.27. The van der Waals surface area contributed by atoms with E-state index in [0.29, 0.717) is 45.6 Å². The minimum Gasteiger partial charge on any atom is -0.347 e. The van der Waals surface area contributed by atoms with E-state index in [1.807, 2.05) is 4.90 Å². The van der Waals surface area contributed by atoms with Crippen LogP contribution in [0.4, 0.5) is 4.39 Å². The second-order valence-corrected chi connectivity index (χ2v) is 9.97. The summed E-state index contributed by atoms with van der Waals surface area (Å²) in [5, 5.41) is 3.17. The van der Waals surface area contributed by atoms with Crippen LogP contribution in [0.3, 0.4) is 0 Å². The third-order valence-corrected chi connectivity index (χ3v) is 7.22. The number of aromatic nitrogens is 2. The number of rotatable bonds is 5. The monoisotopic (exact) mass is 470 g/mol. The molecular formula is C24H27FN4O3S. The zero-order valence-corrected chi connectivity index (χ0v) is 19.7. The smallest absolute Gasteiger partial charge is 0.262 e. The van der Waals surface area contributed by atoms with Crippen molar-refractivity contribution < 1.29 is 14.0 Å². The van der Waals surface area contributed by atoms with E-state index in [9.17, 15) is 18.8 Å². The van der Waals surface area contributed by atoms with Gasteiger partial charge in [0.25, 0.3) is 11.5 Å². The fourth-order valence-electron chi connectivity index (χ4n) is 4.47. The summed E-state index contributed by atoms with van der Waals surface area (Å²) in [5.41, 5.74) is 0.993. The number of thiophene rings is 1. The molecule has 1 N–H and O–H groups in total. The molecule has 0 saturated carbocycles. The predicted molar refractivity (Wildman–Crippen MR) is 126 cm³/mol. The lowest BCUT2D eigenvalue weighted by Crippen LogP contribution is -2.44. The first-order valence-electron chi connectivity index (χ1n) is 11.0. The average molecular weight is 471 g/mol. The highest BCUT2D eigenvalue weighted by Gasteiger charge is 2.26. The second kappa shape index (κ2) is 9.43. The van der Waals surface area contributed by atoms with Gasteiger partial charge in [-0.05, 0) is 48.4 Å². The summed E-state index contributed by atoms with van der Waals surface area (Å²) >= 11 is 1.15. The summed E-state index contributed by atoms with van der Waals surface area (Å²) in [6.45, 7) is 7.55. The molecule has 0 unspecified atom stereocenters. The van der Waals surface area contributed by atoms with Gasteiger partial charge in [-0.3, -0.25) is 19.0 Å². The Bertz CT molecular complexity index is 1240. The summed E-state index contributed by atoms with van der Waals surface area (Å²) in [4.78, 5) is 45.8. The summed E-state index contributed by atoms with van der Waals surface area (Å²) in [6.07, 6.45) is 2.48. The molecule has 174 valence electrons. The number of hydrogen-bond donors (Lipinski definition) is 1. The molecule has 3 aromatic rings. The first kappa shape index (κ1) is 23.1. The number of piperidine rings is 1. The Balaban J connectivity index is 1.52. The molecule has 33 heavy (non-hydrogen) atoms. The van der Waals surface area contributed by atoms with Gasteiger partial charge in [-0.25, -0.2) is 9.37 Å². The van der Waals surface area contributed by atoms with Gasteiger partial charge in [0, 0.05) is 19.6 Å². The van der Waals surface area contributed by atoms with Crippen LogP contribution in [0.2, 0.25) is 0 Å². The maximum atomic E-state index is 13.1. The van der Waals surface area contributed by atoms with Crippen LogP contribution in [-0.2, 0) is 17.9 Å². The molecule has 1 aliphatic heterocycles. The summed E-state index contributed by atoms with van der Waals surface area (Å²) in [6, 6.07) is 5.89. The summed E-state index contributed by atoms with van der Waals surface area (Å²) in [7, 11) is 0. The van der Waals surface area contributed by atoms with Gasteiger partial charge in [-0.1, -0.05) is 26.0 Å². The van der Waals surface area contributed by atoms with E-state index in [2.05, 4.69) is 24.1 Å². The van der Waals surface area contributed by atoms with Crippen molar-refractivity contribution in [1.29, 1.82) is 0 Å². The number of fused-ring (bicyclic) bond motifs is 1. The van der Waals surface area contributed by atoms with Gasteiger partial charge >= 0.3 is 0 Å². The van der Waals surface area contributed by atoms with E-state index >= 15 is 0 Å². The fraction of sp³-hybridized carbons (Fsp3) is 0.417. The topological polar surface area (TPSA) is 84.3 Å². The van der Waals surface area contributed by atoms with Gasteiger partial charge < -0.3 is 10.2 Å². The number of amides is 2. The number of likely N-dealkylation sites (tertiary alicyclic amines) is 1. The van der Waals surface area contributed by atoms with Crippen molar-refractivity contribution >= 4 is 33.4 Å². The molecule has 0 spiro atoms. The minimum absolute atomic E-state index is 0.0669. The highest BCUT2D eigenvalue weighted by atomic mass is 32.1. The lowest BCUT2D eigenvalue weighted by atomic mass is 9.92. The van der Waals surface area contributed by atoms with Crippen LogP contribution >= 0.6 is 11.3 Å². The van der Waals surface area contributed by atoms with Crippen molar-refractivity contribution in [3.05, 3.63) is 62.8 Å². The van der Waals surface area contributed by atoms with Crippen LogP contribution < -0.4 is 10.9 Å². The van der Waals surface area contributed by atoms with E-state index in [1.165, 1.54) is 23.0 Å². The Morgan fingerprint density at radius 3 is 2.52 bits per heavy atom. The molecule has 0 aliphatic carbocycles. The van der Waals surface area contributed by atoms with Crippen LogP contribution in [0.15, 0.2) is 35.4 Å². The fourth-order valence-corrected chi connectivity index (χ4v) is 5.52. The molecule has 1 aromatic carbocycles. The molecule has 2 amide bonds. The average Bonchev–Trinajstić information content (AvgIpc) is 3.11. The first-order valence-corrected chi connectivity index (χ1v) is 11.8. The van der Waals surface area contributed by atoms with Crippen LogP contribution in [0.1, 0.15) is 41.1 Å². The molecule has 2 aromatic heterocycles. The van der Waals surface area contributed by atoms with Gasteiger partial charge in [0.15, 0.2) is 0 Å². The minimum atomic E-state index is -0.337. The number of hydrogen-bond acceptors (Lipinski definition) is 5. The first-order chi connectivity index (χ1) is 15.7. The van der Waals surface area contributed by atoms with Gasteiger partial charge in [0.05, 0.1) is 16.6 Å². The van der Waals surface area contributed by atoms with Crippen LogP contribution in [0.25, 0.3) is 10.2 Å². The maximum absolute atomic E-state index is 13.1. The van der Waals surface area contributed by atoms with E-state index in [-0.39, 0.29) is 36.3 Å². The van der Waals surface area contributed by atoms with Gasteiger partial charge in [-0.15, -0.1) is 11.3 Å². The molecule has 2 atom stereocenters.